The monoisotopic (exact) mass is 482 g/mol. The number of furan rings is 1. The van der Waals surface area contributed by atoms with E-state index in [1.807, 2.05) is 43.5 Å². The second-order valence-corrected chi connectivity index (χ2v) is 9.33. The third-order valence-electron chi connectivity index (χ3n) is 4.87. The molecule has 0 bridgehead atoms. The van der Waals surface area contributed by atoms with Gasteiger partial charge < -0.3 is 19.2 Å². The van der Waals surface area contributed by atoms with Crippen LogP contribution >= 0.6 is 23.1 Å². The molecule has 33 heavy (non-hydrogen) atoms. The molecular weight excluding hydrogens is 460 g/mol. The van der Waals surface area contributed by atoms with Gasteiger partial charge in [-0.25, -0.2) is 9.78 Å². The first kappa shape index (κ1) is 22.9. The number of hydrogen-bond donors (Lipinski definition) is 1. The first-order valence-electron chi connectivity index (χ1n) is 10.1. The largest absolute Gasteiger partial charge is 0.482 e. The highest BCUT2D eigenvalue weighted by Gasteiger charge is 2.22. The van der Waals surface area contributed by atoms with Crippen molar-refractivity contribution in [1.29, 1.82) is 0 Å². The zero-order chi connectivity index (χ0) is 23.4. The topological polar surface area (TPSA) is 90.7 Å². The average molecular weight is 483 g/mol. The Morgan fingerprint density at radius 1 is 1.18 bits per heavy atom. The molecule has 0 aliphatic heterocycles. The van der Waals surface area contributed by atoms with Crippen molar-refractivity contribution in [3.63, 3.8) is 0 Å². The summed E-state index contributed by atoms with van der Waals surface area (Å²) < 4.78 is 16.9. The highest BCUT2D eigenvalue weighted by atomic mass is 32.2. The molecule has 2 aromatic heterocycles. The number of anilines is 1. The molecule has 1 N–H and O–H groups in total. The summed E-state index contributed by atoms with van der Waals surface area (Å²) in [6, 6.07) is 12.8. The number of amides is 1. The summed E-state index contributed by atoms with van der Waals surface area (Å²) in [7, 11) is 1.30. The number of rotatable bonds is 8. The molecule has 0 unspecified atom stereocenters. The molecule has 0 spiro atoms. The summed E-state index contributed by atoms with van der Waals surface area (Å²) in [5, 5.41) is 5.84. The summed E-state index contributed by atoms with van der Waals surface area (Å²) in [5.74, 6) is 0.556. The average Bonchev–Trinajstić information content (AvgIpc) is 3.40. The molecule has 0 atom stereocenters. The van der Waals surface area contributed by atoms with Gasteiger partial charge in [0.15, 0.2) is 12.4 Å². The van der Waals surface area contributed by atoms with Crippen molar-refractivity contribution in [3.8, 4) is 5.75 Å². The van der Waals surface area contributed by atoms with Crippen LogP contribution in [-0.2, 0) is 15.3 Å². The van der Waals surface area contributed by atoms with Crippen LogP contribution in [0.5, 0.6) is 5.75 Å². The Kier molecular flexibility index (Phi) is 7.00. The third kappa shape index (κ3) is 5.37. The number of aryl methyl sites for hydroxylation is 2. The molecule has 0 fully saturated rings. The lowest BCUT2D eigenvalue weighted by Gasteiger charge is -2.11. The quantitative estimate of drug-likeness (QED) is 0.258. The lowest BCUT2D eigenvalue weighted by atomic mass is 10.1. The molecule has 9 heteroatoms. The Hall–Kier alpha value is -3.30. The number of nitrogens with zero attached hydrogens (tertiary/aromatic N) is 1. The fraction of sp³-hybridized carbons (Fsp3) is 0.208. The number of aromatic nitrogens is 1. The van der Waals surface area contributed by atoms with E-state index in [-0.39, 0.29) is 18.3 Å². The van der Waals surface area contributed by atoms with Crippen LogP contribution in [0.25, 0.3) is 11.0 Å². The van der Waals surface area contributed by atoms with Crippen LogP contribution < -0.4 is 10.1 Å². The van der Waals surface area contributed by atoms with Crippen LogP contribution in [0.4, 0.5) is 5.69 Å². The number of fused-ring (bicyclic) bond motifs is 1. The molecule has 4 aromatic rings. The number of hydrogen-bond acceptors (Lipinski definition) is 8. The fourth-order valence-corrected chi connectivity index (χ4v) is 5.08. The predicted molar refractivity (Wildman–Crippen MR) is 129 cm³/mol. The van der Waals surface area contributed by atoms with Gasteiger partial charge in [-0.15, -0.1) is 11.3 Å². The van der Waals surface area contributed by atoms with Crippen molar-refractivity contribution in [3.05, 3.63) is 70.4 Å². The van der Waals surface area contributed by atoms with E-state index in [0.717, 1.165) is 26.5 Å². The lowest BCUT2D eigenvalue weighted by Crippen LogP contribution is -2.14. The van der Waals surface area contributed by atoms with E-state index in [2.05, 4.69) is 15.0 Å². The van der Waals surface area contributed by atoms with Gasteiger partial charge in [0.05, 0.1) is 7.11 Å². The maximum atomic E-state index is 13.2. The molecule has 0 aliphatic rings. The molecule has 0 radical (unpaired) electrons. The summed E-state index contributed by atoms with van der Waals surface area (Å²) in [5.41, 5.74) is 3.89. The highest BCUT2D eigenvalue weighted by molar-refractivity contribution is 8.00. The van der Waals surface area contributed by atoms with E-state index in [1.54, 1.807) is 41.3 Å². The molecule has 1 amide bonds. The van der Waals surface area contributed by atoms with Crippen LogP contribution in [0.15, 0.2) is 56.6 Å². The number of methoxy groups -OCH3 is 1. The minimum atomic E-state index is -0.465. The molecule has 170 valence electrons. The second kappa shape index (κ2) is 10.1. The van der Waals surface area contributed by atoms with Crippen molar-refractivity contribution >= 4 is 51.6 Å². The minimum Gasteiger partial charge on any atom is -0.482 e. The zero-order valence-electron chi connectivity index (χ0n) is 18.3. The number of carbonyl (C=O) groups excluding carboxylic acids is 2. The van der Waals surface area contributed by atoms with Crippen LogP contribution in [0, 0.1) is 13.8 Å². The van der Waals surface area contributed by atoms with Gasteiger partial charge in [0.2, 0.25) is 0 Å². The minimum absolute atomic E-state index is 0.180. The molecule has 4 rings (SSSR count). The number of nitrogens with one attached hydrogen (secondary N) is 1. The van der Waals surface area contributed by atoms with Gasteiger partial charge in [-0.1, -0.05) is 30.0 Å². The van der Waals surface area contributed by atoms with Gasteiger partial charge in [-0.2, -0.15) is 0 Å². The fourth-order valence-electron chi connectivity index (χ4n) is 3.20. The number of thioether (sulfide) groups is 1. The molecule has 2 heterocycles. The Morgan fingerprint density at radius 3 is 2.73 bits per heavy atom. The second-order valence-electron chi connectivity index (χ2n) is 7.25. The Bertz CT molecular complexity index is 1310. The number of benzene rings is 2. The Labute approximate surface area is 199 Å². The van der Waals surface area contributed by atoms with E-state index in [9.17, 15) is 9.59 Å². The van der Waals surface area contributed by atoms with Gasteiger partial charge >= 0.3 is 5.97 Å². The number of esters is 1. The lowest BCUT2D eigenvalue weighted by molar-refractivity contribution is -0.142. The molecular formula is C24H22N2O5S2. The smallest absolute Gasteiger partial charge is 0.343 e. The number of ether oxygens (including phenoxy) is 2. The van der Waals surface area contributed by atoms with Gasteiger partial charge in [-0.3, -0.25) is 4.79 Å². The summed E-state index contributed by atoms with van der Waals surface area (Å²) >= 11 is 3.16. The summed E-state index contributed by atoms with van der Waals surface area (Å²) in [6.45, 7) is 3.63. The normalized spacial score (nSPS) is 10.9. The summed E-state index contributed by atoms with van der Waals surface area (Å²) in [4.78, 5) is 29.0. The Morgan fingerprint density at radius 2 is 2.00 bits per heavy atom. The number of thiazole rings is 1. The van der Waals surface area contributed by atoms with E-state index < -0.39 is 5.97 Å². The van der Waals surface area contributed by atoms with Crippen molar-refractivity contribution < 1.29 is 23.5 Å². The maximum Gasteiger partial charge on any atom is 0.343 e. The standard InChI is InChI=1S/C24H22N2O5S2/c1-14-10-16(30-11-21(27)29-3)8-9-19(14)26-23(28)22-18(13-33-24-25-15(2)12-32-24)17-6-4-5-7-20(17)31-22/h4-10,12H,11,13H2,1-3H3,(H,26,28). The highest BCUT2D eigenvalue weighted by Crippen LogP contribution is 2.34. The van der Waals surface area contributed by atoms with E-state index in [0.29, 0.717) is 22.8 Å². The molecule has 0 saturated carbocycles. The van der Waals surface area contributed by atoms with Gasteiger partial charge in [0.1, 0.15) is 15.7 Å². The molecule has 7 nitrogen and oxygen atoms in total. The third-order valence-corrected chi connectivity index (χ3v) is 7.04. The Balaban J connectivity index is 1.54. The van der Waals surface area contributed by atoms with Crippen LogP contribution in [0.1, 0.15) is 27.4 Å². The van der Waals surface area contributed by atoms with Gasteiger partial charge in [0.25, 0.3) is 5.91 Å². The zero-order valence-corrected chi connectivity index (χ0v) is 20.0. The van der Waals surface area contributed by atoms with E-state index in [4.69, 9.17) is 9.15 Å². The van der Waals surface area contributed by atoms with E-state index in [1.165, 1.54) is 7.11 Å². The number of carbonyl (C=O) groups is 2. The summed E-state index contributed by atoms with van der Waals surface area (Å²) in [6.07, 6.45) is 0. The van der Waals surface area contributed by atoms with Crippen molar-refractivity contribution in [1.82, 2.24) is 4.98 Å². The first-order valence-corrected chi connectivity index (χ1v) is 12.0. The first-order chi connectivity index (χ1) is 15.9. The maximum absolute atomic E-state index is 13.2. The van der Waals surface area contributed by atoms with Crippen LogP contribution in [-0.4, -0.2) is 30.6 Å². The number of para-hydroxylation sites is 1. The SMILES string of the molecule is COC(=O)COc1ccc(NC(=O)c2oc3ccccc3c2CSc2nc(C)cs2)c(C)c1. The molecule has 0 saturated heterocycles. The van der Waals surface area contributed by atoms with Crippen molar-refractivity contribution in [2.75, 3.05) is 19.0 Å². The predicted octanol–water partition coefficient (Wildman–Crippen LogP) is 5.60. The van der Waals surface area contributed by atoms with Gasteiger partial charge in [0, 0.05) is 33.5 Å². The van der Waals surface area contributed by atoms with Crippen molar-refractivity contribution in [2.24, 2.45) is 0 Å². The van der Waals surface area contributed by atoms with Crippen LogP contribution in [0.2, 0.25) is 0 Å². The van der Waals surface area contributed by atoms with Crippen LogP contribution in [0.3, 0.4) is 0 Å². The molecule has 0 aliphatic carbocycles. The molecule has 2 aromatic carbocycles. The van der Waals surface area contributed by atoms with Gasteiger partial charge in [-0.05, 0) is 43.7 Å². The van der Waals surface area contributed by atoms with E-state index >= 15 is 0 Å². The van der Waals surface area contributed by atoms with Crippen molar-refractivity contribution in [2.45, 2.75) is 23.9 Å².